The smallest absolute Gasteiger partial charge is 0.231 e. The van der Waals surface area contributed by atoms with E-state index in [9.17, 15) is 4.79 Å². The molecule has 1 aliphatic rings. The average molecular weight is 349 g/mol. The first kappa shape index (κ1) is 16.4. The van der Waals surface area contributed by atoms with Gasteiger partial charge in [0.1, 0.15) is 5.69 Å². The highest BCUT2D eigenvalue weighted by Crippen LogP contribution is 2.27. The van der Waals surface area contributed by atoms with E-state index in [1.54, 1.807) is 18.6 Å². The lowest BCUT2D eigenvalue weighted by Gasteiger charge is -2.31. The summed E-state index contributed by atoms with van der Waals surface area (Å²) in [4.78, 5) is 27.2. The fourth-order valence-electron chi connectivity index (χ4n) is 3.21. The Balaban J connectivity index is 1.44. The third-order valence-corrected chi connectivity index (χ3v) is 4.56. The summed E-state index contributed by atoms with van der Waals surface area (Å²) in [5.74, 6) is 1.18. The van der Waals surface area contributed by atoms with Gasteiger partial charge in [0.05, 0.1) is 18.5 Å². The molecule has 0 aliphatic carbocycles. The van der Waals surface area contributed by atoms with E-state index in [0.29, 0.717) is 30.4 Å². The lowest BCUT2D eigenvalue weighted by atomic mass is 9.97. The summed E-state index contributed by atoms with van der Waals surface area (Å²) in [7, 11) is 0. The Hall–Kier alpha value is -3.09. The van der Waals surface area contributed by atoms with Crippen LogP contribution in [-0.2, 0) is 11.2 Å². The molecule has 1 atom stereocenters. The minimum absolute atomic E-state index is 0.0568. The summed E-state index contributed by atoms with van der Waals surface area (Å²) in [6, 6.07) is 9.81. The lowest BCUT2D eigenvalue weighted by Crippen LogP contribution is -2.40. The molecule has 0 spiro atoms. The van der Waals surface area contributed by atoms with E-state index in [-0.39, 0.29) is 11.8 Å². The standard InChI is InChI=1S/C19H19N5O2/c25-17(11-14-5-2-1-3-6-14)24-10-4-7-15(13-24)19-22-18(23-26-19)16-12-20-8-9-21-16/h1-3,5-6,8-9,12,15H,4,7,10-11,13H2. The second-order valence-corrected chi connectivity index (χ2v) is 6.39. The molecular weight excluding hydrogens is 330 g/mol. The Bertz CT molecular complexity index is 866. The number of hydrogen-bond donors (Lipinski definition) is 0. The fraction of sp³-hybridized carbons (Fsp3) is 0.316. The first-order valence-corrected chi connectivity index (χ1v) is 8.71. The van der Waals surface area contributed by atoms with E-state index in [0.717, 1.165) is 24.9 Å². The molecule has 1 unspecified atom stereocenters. The Labute approximate surface area is 151 Å². The third kappa shape index (κ3) is 3.61. The van der Waals surface area contributed by atoms with Gasteiger partial charge in [0.25, 0.3) is 0 Å². The summed E-state index contributed by atoms with van der Waals surface area (Å²) in [6.45, 7) is 1.38. The molecule has 132 valence electrons. The Morgan fingerprint density at radius 2 is 2.12 bits per heavy atom. The molecule has 3 aromatic rings. The van der Waals surface area contributed by atoms with Crippen LogP contribution in [-0.4, -0.2) is 44.0 Å². The topological polar surface area (TPSA) is 85.0 Å². The minimum atomic E-state index is 0.0568. The summed E-state index contributed by atoms with van der Waals surface area (Å²) in [5, 5.41) is 4.01. The van der Waals surface area contributed by atoms with Crippen molar-refractivity contribution < 1.29 is 9.32 Å². The van der Waals surface area contributed by atoms with E-state index in [2.05, 4.69) is 20.1 Å². The predicted molar refractivity (Wildman–Crippen MR) is 94.0 cm³/mol. The number of benzene rings is 1. The minimum Gasteiger partial charge on any atom is -0.342 e. The van der Waals surface area contributed by atoms with Gasteiger partial charge in [-0.05, 0) is 18.4 Å². The molecule has 1 aliphatic heterocycles. The molecule has 7 heteroatoms. The Morgan fingerprint density at radius 1 is 1.23 bits per heavy atom. The van der Waals surface area contributed by atoms with Crippen molar-refractivity contribution in [1.82, 2.24) is 25.0 Å². The number of likely N-dealkylation sites (tertiary alicyclic amines) is 1. The van der Waals surface area contributed by atoms with Gasteiger partial charge in [-0.2, -0.15) is 4.98 Å². The van der Waals surface area contributed by atoms with Crippen molar-refractivity contribution in [3.05, 3.63) is 60.4 Å². The number of carbonyl (C=O) groups excluding carboxylic acids is 1. The molecule has 26 heavy (non-hydrogen) atoms. The van der Waals surface area contributed by atoms with Gasteiger partial charge in [-0.3, -0.25) is 9.78 Å². The molecule has 2 aromatic heterocycles. The molecule has 1 amide bonds. The van der Waals surface area contributed by atoms with Crippen molar-refractivity contribution in [2.45, 2.75) is 25.2 Å². The molecule has 0 radical (unpaired) electrons. The molecule has 1 fully saturated rings. The SMILES string of the molecule is O=C(Cc1ccccc1)N1CCCC(c2nc(-c3cnccn3)no2)C1. The Morgan fingerprint density at radius 3 is 2.92 bits per heavy atom. The van der Waals surface area contributed by atoms with Crippen LogP contribution in [0.2, 0.25) is 0 Å². The van der Waals surface area contributed by atoms with Crippen LogP contribution < -0.4 is 0 Å². The van der Waals surface area contributed by atoms with E-state index in [1.165, 1.54) is 0 Å². The number of nitrogens with zero attached hydrogens (tertiary/aromatic N) is 5. The van der Waals surface area contributed by atoms with Gasteiger partial charge in [0.2, 0.25) is 17.6 Å². The first-order valence-electron chi connectivity index (χ1n) is 8.71. The van der Waals surface area contributed by atoms with E-state index >= 15 is 0 Å². The molecule has 1 aromatic carbocycles. The van der Waals surface area contributed by atoms with Crippen molar-refractivity contribution >= 4 is 5.91 Å². The molecule has 0 saturated carbocycles. The largest absolute Gasteiger partial charge is 0.342 e. The summed E-state index contributed by atoms with van der Waals surface area (Å²) in [5.41, 5.74) is 1.61. The van der Waals surface area contributed by atoms with Crippen LogP contribution in [0.5, 0.6) is 0 Å². The van der Waals surface area contributed by atoms with Crippen LogP contribution >= 0.6 is 0 Å². The van der Waals surface area contributed by atoms with Gasteiger partial charge in [-0.1, -0.05) is 35.5 Å². The lowest BCUT2D eigenvalue weighted by molar-refractivity contribution is -0.131. The quantitative estimate of drug-likeness (QED) is 0.719. The number of amides is 1. The maximum absolute atomic E-state index is 12.6. The van der Waals surface area contributed by atoms with Crippen LogP contribution in [0, 0.1) is 0 Å². The molecule has 4 rings (SSSR count). The van der Waals surface area contributed by atoms with Crippen molar-refractivity contribution in [2.75, 3.05) is 13.1 Å². The first-order chi connectivity index (χ1) is 12.8. The van der Waals surface area contributed by atoms with Gasteiger partial charge in [0.15, 0.2) is 0 Å². The predicted octanol–water partition coefficient (Wildman–Crippen LogP) is 2.48. The zero-order valence-corrected chi connectivity index (χ0v) is 14.3. The second kappa shape index (κ2) is 7.43. The molecule has 0 bridgehead atoms. The number of hydrogen-bond acceptors (Lipinski definition) is 6. The van der Waals surface area contributed by atoms with Crippen LogP contribution in [0.1, 0.15) is 30.2 Å². The average Bonchev–Trinajstić information content (AvgIpc) is 3.20. The number of piperidine rings is 1. The molecular formula is C19H19N5O2. The Kier molecular flexibility index (Phi) is 4.68. The van der Waals surface area contributed by atoms with Crippen LogP contribution in [0.15, 0.2) is 53.4 Å². The molecule has 3 heterocycles. The second-order valence-electron chi connectivity index (χ2n) is 6.39. The fourth-order valence-corrected chi connectivity index (χ4v) is 3.21. The number of rotatable bonds is 4. The van der Waals surface area contributed by atoms with E-state index in [1.807, 2.05) is 35.2 Å². The van der Waals surface area contributed by atoms with Crippen LogP contribution in [0.3, 0.4) is 0 Å². The molecule has 1 saturated heterocycles. The number of carbonyl (C=O) groups is 1. The normalized spacial score (nSPS) is 17.2. The number of aromatic nitrogens is 4. The van der Waals surface area contributed by atoms with Crippen molar-refractivity contribution in [3.8, 4) is 11.5 Å². The van der Waals surface area contributed by atoms with E-state index in [4.69, 9.17) is 4.52 Å². The van der Waals surface area contributed by atoms with Gasteiger partial charge in [-0.25, -0.2) is 4.98 Å². The van der Waals surface area contributed by atoms with Crippen molar-refractivity contribution in [2.24, 2.45) is 0 Å². The van der Waals surface area contributed by atoms with Gasteiger partial charge < -0.3 is 9.42 Å². The highest BCUT2D eigenvalue weighted by Gasteiger charge is 2.28. The van der Waals surface area contributed by atoms with Crippen LogP contribution in [0.4, 0.5) is 0 Å². The van der Waals surface area contributed by atoms with Gasteiger partial charge in [0, 0.05) is 25.5 Å². The van der Waals surface area contributed by atoms with Crippen molar-refractivity contribution in [1.29, 1.82) is 0 Å². The monoisotopic (exact) mass is 349 g/mol. The molecule has 7 nitrogen and oxygen atoms in total. The van der Waals surface area contributed by atoms with Crippen molar-refractivity contribution in [3.63, 3.8) is 0 Å². The van der Waals surface area contributed by atoms with Gasteiger partial charge >= 0.3 is 0 Å². The highest BCUT2D eigenvalue weighted by atomic mass is 16.5. The van der Waals surface area contributed by atoms with Gasteiger partial charge in [-0.15, -0.1) is 0 Å². The zero-order valence-electron chi connectivity index (χ0n) is 14.3. The molecule has 0 N–H and O–H groups in total. The summed E-state index contributed by atoms with van der Waals surface area (Å²) >= 11 is 0. The maximum Gasteiger partial charge on any atom is 0.231 e. The summed E-state index contributed by atoms with van der Waals surface area (Å²) < 4.78 is 5.44. The van der Waals surface area contributed by atoms with E-state index < -0.39 is 0 Å². The zero-order chi connectivity index (χ0) is 17.8. The third-order valence-electron chi connectivity index (χ3n) is 4.56. The maximum atomic E-state index is 12.6. The summed E-state index contributed by atoms with van der Waals surface area (Å²) in [6.07, 6.45) is 7.07. The van der Waals surface area contributed by atoms with Crippen LogP contribution in [0.25, 0.3) is 11.5 Å². The highest BCUT2D eigenvalue weighted by molar-refractivity contribution is 5.78.